The maximum Gasteiger partial charge on any atom is 0.341 e. The van der Waals surface area contributed by atoms with Gasteiger partial charge in [-0.15, -0.1) is 0 Å². The zero-order chi connectivity index (χ0) is 19.7. The van der Waals surface area contributed by atoms with Gasteiger partial charge in [0.05, 0.1) is 0 Å². The van der Waals surface area contributed by atoms with E-state index in [4.69, 9.17) is 5.11 Å². The van der Waals surface area contributed by atoms with E-state index < -0.39 is 11.5 Å². The third-order valence-electron chi connectivity index (χ3n) is 5.91. The van der Waals surface area contributed by atoms with Gasteiger partial charge in [-0.25, -0.2) is 4.79 Å². The maximum atomic E-state index is 12.8. The van der Waals surface area contributed by atoms with E-state index in [2.05, 4.69) is 10.3 Å². The molecule has 2 aliphatic rings. The number of hydrogen-bond donors (Lipinski definition) is 3. The first-order valence-electron chi connectivity index (χ1n) is 9.96. The summed E-state index contributed by atoms with van der Waals surface area (Å²) in [6.45, 7) is 0. The summed E-state index contributed by atoms with van der Waals surface area (Å²) >= 11 is 0. The fourth-order valence-electron chi connectivity index (χ4n) is 4.60. The van der Waals surface area contributed by atoms with Crippen LogP contribution in [0.25, 0.3) is 0 Å². The number of carbonyl (C=O) groups excluding carboxylic acids is 1. The first-order chi connectivity index (χ1) is 13.5. The quantitative estimate of drug-likeness (QED) is 0.753. The van der Waals surface area contributed by atoms with Gasteiger partial charge in [-0.05, 0) is 85.4 Å². The van der Waals surface area contributed by atoms with Gasteiger partial charge in [-0.1, -0.05) is 12.8 Å². The number of pyridine rings is 1. The van der Waals surface area contributed by atoms with Crippen molar-refractivity contribution in [1.29, 1.82) is 0 Å². The molecule has 0 unspecified atom stereocenters. The topological polar surface area (TPSA) is 99.3 Å². The van der Waals surface area contributed by atoms with Crippen molar-refractivity contribution in [3.63, 3.8) is 0 Å². The monoisotopic (exact) mass is 380 g/mol. The molecule has 0 aliphatic heterocycles. The van der Waals surface area contributed by atoms with Crippen molar-refractivity contribution in [2.75, 3.05) is 5.32 Å². The van der Waals surface area contributed by atoms with Crippen molar-refractivity contribution in [1.82, 2.24) is 4.98 Å². The molecule has 0 spiro atoms. The van der Waals surface area contributed by atoms with Gasteiger partial charge in [0.25, 0.3) is 11.5 Å². The molecule has 6 heteroatoms. The second kappa shape index (κ2) is 7.62. The summed E-state index contributed by atoms with van der Waals surface area (Å²) in [7, 11) is 0. The van der Waals surface area contributed by atoms with Gasteiger partial charge in [-0.3, -0.25) is 9.59 Å². The van der Waals surface area contributed by atoms with Crippen LogP contribution in [0.2, 0.25) is 0 Å². The molecule has 3 N–H and O–H groups in total. The van der Waals surface area contributed by atoms with Crippen LogP contribution >= 0.6 is 0 Å². The van der Waals surface area contributed by atoms with Crippen LogP contribution in [0.3, 0.4) is 0 Å². The number of carbonyl (C=O) groups is 2. The van der Waals surface area contributed by atoms with E-state index in [1.807, 2.05) is 12.1 Å². The van der Waals surface area contributed by atoms with Gasteiger partial charge < -0.3 is 15.4 Å². The fourth-order valence-corrected chi connectivity index (χ4v) is 4.60. The molecule has 0 bridgehead atoms. The zero-order valence-corrected chi connectivity index (χ0v) is 15.7. The van der Waals surface area contributed by atoms with Crippen LogP contribution in [-0.2, 0) is 12.8 Å². The van der Waals surface area contributed by atoms with Crippen LogP contribution in [0, 0.1) is 0 Å². The molecule has 0 saturated heterocycles. The van der Waals surface area contributed by atoms with Crippen molar-refractivity contribution in [2.24, 2.45) is 0 Å². The van der Waals surface area contributed by atoms with Crippen LogP contribution in [0.5, 0.6) is 0 Å². The summed E-state index contributed by atoms with van der Waals surface area (Å²) in [6, 6.07) is 6.60. The van der Waals surface area contributed by atoms with E-state index in [9.17, 15) is 14.4 Å². The predicted molar refractivity (Wildman–Crippen MR) is 106 cm³/mol. The zero-order valence-electron chi connectivity index (χ0n) is 15.7. The number of hydrogen-bond acceptors (Lipinski definition) is 3. The van der Waals surface area contributed by atoms with Crippen LogP contribution in [0.1, 0.15) is 81.8 Å². The van der Waals surface area contributed by atoms with Crippen molar-refractivity contribution >= 4 is 17.7 Å². The van der Waals surface area contributed by atoms with E-state index >= 15 is 0 Å². The average Bonchev–Trinajstić information content (AvgIpc) is 2.99. The first-order valence-corrected chi connectivity index (χ1v) is 9.96. The lowest BCUT2D eigenvalue weighted by atomic mass is 9.86. The molecular formula is C22H24N2O4. The molecule has 28 heavy (non-hydrogen) atoms. The van der Waals surface area contributed by atoms with Gasteiger partial charge >= 0.3 is 5.97 Å². The molecule has 0 fully saturated rings. The molecule has 1 aromatic carbocycles. The standard InChI is InChI=1S/C22H24N2O4/c25-20(23-18-10-9-17(22(27)28)21(26)24-18)16-11-14-7-3-1-5-13-6-2-4-8-15(12-16)19(13)14/h9-13H,1-8H2,(H,27,28)(H2,23,24,25,26). The first kappa shape index (κ1) is 18.5. The minimum Gasteiger partial charge on any atom is -0.477 e. The molecule has 6 nitrogen and oxygen atoms in total. The number of H-pyrrole nitrogens is 1. The molecule has 0 radical (unpaired) electrons. The molecule has 146 valence electrons. The predicted octanol–water partition coefficient (Wildman–Crippen LogP) is 3.86. The average molecular weight is 380 g/mol. The Morgan fingerprint density at radius 3 is 2.21 bits per heavy atom. The summed E-state index contributed by atoms with van der Waals surface area (Å²) in [6.07, 6.45) is 9.25. The van der Waals surface area contributed by atoms with E-state index in [-0.39, 0.29) is 17.3 Å². The molecule has 0 atom stereocenters. The van der Waals surface area contributed by atoms with Gasteiger partial charge in [-0.2, -0.15) is 0 Å². The lowest BCUT2D eigenvalue weighted by Gasteiger charge is -2.20. The second-order valence-corrected chi connectivity index (χ2v) is 7.77. The number of carboxylic acid groups (broad SMARTS) is 1. The van der Waals surface area contributed by atoms with E-state index in [0.29, 0.717) is 11.5 Å². The Bertz CT molecular complexity index is 959. The van der Waals surface area contributed by atoms with Crippen molar-refractivity contribution in [3.8, 4) is 0 Å². The van der Waals surface area contributed by atoms with Gasteiger partial charge in [0.15, 0.2) is 0 Å². The van der Waals surface area contributed by atoms with Crippen molar-refractivity contribution in [2.45, 2.75) is 57.3 Å². The van der Waals surface area contributed by atoms with Crippen LogP contribution < -0.4 is 10.9 Å². The number of aromatic nitrogens is 1. The van der Waals surface area contributed by atoms with Gasteiger partial charge in [0.1, 0.15) is 11.4 Å². The Kier molecular flexibility index (Phi) is 5.03. The fraction of sp³-hybridized carbons (Fsp3) is 0.409. The Labute approximate surface area is 163 Å². The number of aromatic carboxylic acids is 1. The molecular weight excluding hydrogens is 356 g/mol. The number of nitrogens with one attached hydrogen (secondary N) is 2. The number of amides is 1. The summed E-state index contributed by atoms with van der Waals surface area (Å²) in [5, 5.41) is 11.6. The maximum absolute atomic E-state index is 12.8. The Morgan fingerprint density at radius 1 is 1.00 bits per heavy atom. The normalized spacial score (nSPS) is 16.6. The third kappa shape index (κ3) is 3.59. The number of anilines is 1. The Balaban J connectivity index is 1.64. The van der Waals surface area contributed by atoms with Crippen LogP contribution in [-0.4, -0.2) is 22.0 Å². The largest absolute Gasteiger partial charge is 0.477 e. The minimum atomic E-state index is -1.30. The SMILES string of the molecule is O=C(Nc1ccc(C(=O)O)c(=O)[nH]1)c1cc2c3c(c1)CCCCC3CCCC2. The number of aromatic amines is 1. The summed E-state index contributed by atoms with van der Waals surface area (Å²) in [5.41, 5.74) is 3.57. The second-order valence-electron chi connectivity index (χ2n) is 7.77. The minimum absolute atomic E-state index is 0.193. The molecule has 2 aromatic rings. The third-order valence-corrected chi connectivity index (χ3v) is 5.91. The molecule has 1 heterocycles. The lowest BCUT2D eigenvalue weighted by molar-refractivity contribution is 0.0695. The number of benzene rings is 1. The van der Waals surface area contributed by atoms with E-state index in [1.165, 1.54) is 54.5 Å². The molecule has 1 amide bonds. The lowest BCUT2D eigenvalue weighted by Crippen LogP contribution is -2.21. The summed E-state index contributed by atoms with van der Waals surface area (Å²) < 4.78 is 0. The highest BCUT2D eigenvalue weighted by molar-refractivity contribution is 6.04. The Hall–Kier alpha value is -2.89. The highest BCUT2D eigenvalue weighted by Crippen LogP contribution is 2.39. The van der Waals surface area contributed by atoms with Crippen molar-refractivity contribution in [3.05, 3.63) is 62.4 Å². The van der Waals surface area contributed by atoms with Gasteiger partial charge in [0.2, 0.25) is 0 Å². The molecule has 2 aliphatic carbocycles. The molecule has 4 rings (SSSR count). The molecule has 0 saturated carbocycles. The molecule has 1 aromatic heterocycles. The van der Waals surface area contributed by atoms with Gasteiger partial charge in [0, 0.05) is 5.56 Å². The van der Waals surface area contributed by atoms with Crippen molar-refractivity contribution < 1.29 is 14.7 Å². The van der Waals surface area contributed by atoms with E-state index in [0.717, 1.165) is 25.7 Å². The Morgan fingerprint density at radius 2 is 1.64 bits per heavy atom. The summed E-state index contributed by atoms with van der Waals surface area (Å²) in [4.78, 5) is 38.0. The summed E-state index contributed by atoms with van der Waals surface area (Å²) in [5.74, 6) is -0.775. The smallest absolute Gasteiger partial charge is 0.341 e. The number of rotatable bonds is 3. The van der Waals surface area contributed by atoms with E-state index in [1.54, 1.807) is 0 Å². The highest BCUT2D eigenvalue weighted by Gasteiger charge is 2.25. The van der Waals surface area contributed by atoms with Crippen LogP contribution in [0.15, 0.2) is 29.1 Å². The number of carboxylic acids is 1. The van der Waals surface area contributed by atoms with Crippen LogP contribution in [0.4, 0.5) is 5.82 Å². The highest BCUT2D eigenvalue weighted by atomic mass is 16.4. The number of aryl methyl sites for hydroxylation is 2.